The molecule has 0 aromatic heterocycles. The number of carbonyl (C=O) groups excluding carboxylic acids is 2. The lowest BCUT2D eigenvalue weighted by Gasteiger charge is -2.46. The van der Waals surface area contributed by atoms with E-state index in [0.717, 1.165) is 38.0 Å². The van der Waals surface area contributed by atoms with Gasteiger partial charge in [-0.05, 0) is 30.9 Å². The van der Waals surface area contributed by atoms with Gasteiger partial charge in [-0.2, -0.15) is 13.2 Å². The van der Waals surface area contributed by atoms with Crippen LogP contribution in [0.4, 0.5) is 18.0 Å². The quantitative estimate of drug-likeness (QED) is 0.609. The van der Waals surface area contributed by atoms with Crippen LogP contribution in [0.15, 0.2) is 24.3 Å². The summed E-state index contributed by atoms with van der Waals surface area (Å²) in [6.45, 7) is 7.35. The predicted octanol–water partition coefficient (Wildman–Crippen LogP) is 2.34. The average molecular weight is 529 g/mol. The number of aliphatic carboxylic acids is 1. The molecule has 3 saturated heterocycles. The van der Waals surface area contributed by atoms with Crippen molar-refractivity contribution < 1.29 is 37.4 Å². The first kappa shape index (κ1) is 28.7. The number of nitrogens with zero attached hydrogens (tertiary/aromatic N) is 3. The maximum atomic E-state index is 13.0. The number of carbonyl (C=O) groups is 3. The number of hydrogen-bond donors (Lipinski definition) is 2. The molecular formula is C25H35F3N4O5. The van der Waals surface area contributed by atoms with Crippen molar-refractivity contribution in [3.8, 4) is 0 Å². The number of nitrogens with one attached hydrogen (secondary N) is 1. The number of rotatable bonds is 5. The number of hydrogen-bond acceptors (Lipinski definition) is 5. The zero-order valence-corrected chi connectivity index (χ0v) is 21.4. The fourth-order valence-electron chi connectivity index (χ4n) is 5.69. The number of likely N-dealkylation sites (tertiary alicyclic amines) is 3. The Balaban J connectivity index is 0.000000479. The highest BCUT2D eigenvalue weighted by molar-refractivity contribution is 5.84. The summed E-state index contributed by atoms with van der Waals surface area (Å²) < 4.78 is 37.0. The van der Waals surface area contributed by atoms with Crippen LogP contribution in [0.25, 0.3) is 0 Å². The van der Waals surface area contributed by atoms with E-state index in [1.54, 1.807) is 7.11 Å². The Labute approximate surface area is 214 Å². The number of fused-ring (bicyclic) bond motifs is 2. The van der Waals surface area contributed by atoms with Gasteiger partial charge < -0.3 is 25.0 Å². The molecule has 0 unspecified atom stereocenters. The summed E-state index contributed by atoms with van der Waals surface area (Å²) in [5.41, 5.74) is 2.22. The minimum absolute atomic E-state index is 0.00947. The highest BCUT2D eigenvalue weighted by atomic mass is 19.4. The molecule has 37 heavy (non-hydrogen) atoms. The van der Waals surface area contributed by atoms with Crippen LogP contribution >= 0.6 is 0 Å². The van der Waals surface area contributed by atoms with Crippen LogP contribution in [0.5, 0.6) is 0 Å². The number of benzene rings is 1. The molecule has 3 fully saturated rings. The standard InChI is InChI=1S/C23H34N4O3.C2HF3O2/c1-17-6-4-5-7-18(17)14-24-22(29)27-10-8-23(9-11-27)20-16-26(12-13-30-3)15-19(20)21(28)25(23)2;3-2(4,5)1(6)7/h4-7,19-20H,8-16H2,1-3H3,(H,24,29);(H,6,7)/t19-,20+;/m0./s1. The minimum Gasteiger partial charge on any atom is -0.475 e. The second-order valence-electron chi connectivity index (χ2n) is 9.84. The van der Waals surface area contributed by atoms with E-state index in [2.05, 4.69) is 29.3 Å². The van der Waals surface area contributed by atoms with Crippen LogP contribution in [0.3, 0.4) is 0 Å². The number of halogens is 3. The van der Waals surface area contributed by atoms with Crippen LogP contribution in [-0.2, 0) is 20.9 Å². The Morgan fingerprint density at radius 1 is 1.19 bits per heavy atom. The van der Waals surface area contributed by atoms with E-state index < -0.39 is 12.1 Å². The Bertz CT molecular complexity index is 981. The van der Waals surface area contributed by atoms with Crippen molar-refractivity contribution in [3.63, 3.8) is 0 Å². The van der Waals surface area contributed by atoms with Gasteiger partial charge in [0.2, 0.25) is 5.91 Å². The third kappa shape index (κ3) is 6.35. The third-order valence-corrected chi connectivity index (χ3v) is 7.86. The lowest BCUT2D eigenvalue weighted by molar-refractivity contribution is -0.192. The Kier molecular flexibility index (Phi) is 9.06. The first-order chi connectivity index (χ1) is 17.4. The maximum Gasteiger partial charge on any atom is 0.490 e. The number of methoxy groups -OCH3 is 1. The van der Waals surface area contributed by atoms with Gasteiger partial charge in [0.1, 0.15) is 0 Å². The minimum atomic E-state index is -5.08. The highest BCUT2D eigenvalue weighted by Crippen LogP contribution is 2.48. The fourth-order valence-corrected chi connectivity index (χ4v) is 5.69. The molecule has 9 nitrogen and oxygen atoms in total. The molecule has 0 saturated carbocycles. The first-order valence-corrected chi connectivity index (χ1v) is 12.3. The zero-order valence-electron chi connectivity index (χ0n) is 21.4. The summed E-state index contributed by atoms with van der Waals surface area (Å²) in [6, 6.07) is 8.11. The van der Waals surface area contributed by atoms with E-state index in [0.29, 0.717) is 32.2 Å². The van der Waals surface area contributed by atoms with Gasteiger partial charge in [0, 0.05) is 59.3 Å². The number of piperidine rings is 1. The van der Waals surface area contributed by atoms with E-state index >= 15 is 0 Å². The van der Waals surface area contributed by atoms with E-state index in [9.17, 15) is 22.8 Å². The van der Waals surface area contributed by atoms with Crippen molar-refractivity contribution in [2.75, 3.05) is 53.5 Å². The Morgan fingerprint density at radius 3 is 2.38 bits per heavy atom. The lowest BCUT2D eigenvalue weighted by Crippen LogP contribution is -2.57. The molecule has 4 rings (SSSR count). The molecule has 3 aliphatic rings. The molecule has 0 aliphatic carbocycles. The van der Waals surface area contributed by atoms with Crippen molar-refractivity contribution >= 4 is 17.9 Å². The van der Waals surface area contributed by atoms with Crippen LogP contribution in [-0.4, -0.2) is 103 Å². The van der Waals surface area contributed by atoms with E-state index in [4.69, 9.17) is 14.6 Å². The molecule has 3 aliphatic heterocycles. The SMILES string of the molecule is COCCN1C[C@@H]2C(=O)N(C)C3(CCN(C(=O)NCc4ccccc4C)CC3)[C@@H]2C1.O=C(O)C(F)(F)F. The monoisotopic (exact) mass is 528 g/mol. The Morgan fingerprint density at radius 2 is 1.81 bits per heavy atom. The first-order valence-electron chi connectivity index (χ1n) is 12.3. The molecule has 2 N–H and O–H groups in total. The topological polar surface area (TPSA) is 102 Å². The van der Waals surface area contributed by atoms with Gasteiger partial charge in [0.25, 0.3) is 0 Å². The molecule has 0 radical (unpaired) electrons. The molecule has 2 atom stereocenters. The smallest absolute Gasteiger partial charge is 0.475 e. The number of alkyl halides is 3. The van der Waals surface area contributed by atoms with Crippen LogP contribution in [0.2, 0.25) is 0 Å². The van der Waals surface area contributed by atoms with Gasteiger partial charge in [-0.1, -0.05) is 24.3 Å². The molecular weight excluding hydrogens is 493 g/mol. The summed E-state index contributed by atoms with van der Waals surface area (Å²) in [4.78, 5) is 40.9. The van der Waals surface area contributed by atoms with Gasteiger partial charge in [-0.25, -0.2) is 9.59 Å². The molecule has 206 valence electrons. The van der Waals surface area contributed by atoms with Crippen LogP contribution in [0.1, 0.15) is 24.0 Å². The molecule has 1 aromatic carbocycles. The number of ether oxygens (including phenoxy) is 1. The average Bonchev–Trinajstić information content (AvgIpc) is 3.36. The van der Waals surface area contributed by atoms with Gasteiger partial charge in [-0.3, -0.25) is 9.69 Å². The molecule has 3 heterocycles. The summed E-state index contributed by atoms with van der Waals surface area (Å²) in [5.74, 6) is -2.04. The van der Waals surface area contributed by atoms with Gasteiger partial charge in [0.15, 0.2) is 0 Å². The lowest BCUT2D eigenvalue weighted by atomic mass is 9.75. The maximum absolute atomic E-state index is 13.0. The third-order valence-electron chi connectivity index (χ3n) is 7.86. The van der Waals surface area contributed by atoms with Gasteiger partial charge in [0.05, 0.1) is 18.1 Å². The molecule has 0 bridgehead atoms. The van der Waals surface area contributed by atoms with Crippen molar-refractivity contribution in [1.82, 2.24) is 20.0 Å². The molecule has 1 spiro atoms. The number of carboxylic acid groups (broad SMARTS) is 1. The fraction of sp³-hybridized carbons (Fsp3) is 0.640. The number of carboxylic acids is 1. The number of aryl methyl sites for hydroxylation is 1. The van der Waals surface area contributed by atoms with Crippen molar-refractivity contribution in [3.05, 3.63) is 35.4 Å². The second kappa shape index (κ2) is 11.7. The molecule has 12 heteroatoms. The predicted molar refractivity (Wildman–Crippen MR) is 129 cm³/mol. The van der Waals surface area contributed by atoms with Gasteiger partial charge in [-0.15, -0.1) is 0 Å². The number of amides is 3. The normalized spacial score (nSPS) is 23.0. The summed E-state index contributed by atoms with van der Waals surface area (Å²) in [6.07, 6.45) is -3.38. The van der Waals surface area contributed by atoms with Crippen molar-refractivity contribution in [1.29, 1.82) is 0 Å². The van der Waals surface area contributed by atoms with Crippen LogP contribution < -0.4 is 5.32 Å². The zero-order chi connectivity index (χ0) is 27.4. The van der Waals surface area contributed by atoms with E-state index in [1.165, 1.54) is 5.56 Å². The van der Waals surface area contributed by atoms with Crippen molar-refractivity contribution in [2.24, 2.45) is 11.8 Å². The summed E-state index contributed by atoms with van der Waals surface area (Å²) >= 11 is 0. The highest BCUT2D eigenvalue weighted by Gasteiger charge is 2.60. The number of urea groups is 1. The van der Waals surface area contributed by atoms with E-state index in [-0.39, 0.29) is 23.4 Å². The summed E-state index contributed by atoms with van der Waals surface area (Å²) in [7, 11) is 3.69. The molecule has 1 aromatic rings. The largest absolute Gasteiger partial charge is 0.490 e. The van der Waals surface area contributed by atoms with Gasteiger partial charge >= 0.3 is 18.2 Å². The van der Waals surface area contributed by atoms with E-state index in [1.807, 2.05) is 29.0 Å². The second-order valence-corrected chi connectivity index (χ2v) is 9.84. The van der Waals surface area contributed by atoms with Crippen LogP contribution in [0, 0.1) is 18.8 Å². The Hall–Kier alpha value is -2.86. The molecule has 3 amide bonds. The summed E-state index contributed by atoms with van der Waals surface area (Å²) in [5, 5.41) is 10.2. The van der Waals surface area contributed by atoms with Crippen molar-refractivity contribution in [2.45, 2.75) is 38.0 Å².